The Morgan fingerprint density at radius 3 is 2.67 bits per heavy atom. The zero-order valence-corrected chi connectivity index (χ0v) is 15.7. The number of piperidine rings is 1. The maximum atomic E-state index is 13.2. The number of carbonyl (C=O) groups excluding carboxylic acids is 1. The quantitative estimate of drug-likeness (QED) is 0.677. The third kappa shape index (κ3) is 3.50. The van der Waals surface area contributed by atoms with Crippen LogP contribution < -0.4 is 0 Å². The summed E-state index contributed by atoms with van der Waals surface area (Å²) in [6, 6.07) is 15.7. The van der Waals surface area contributed by atoms with E-state index >= 15 is 0 Å². The summed E-state index contributed by atoms with van der Waals surface area (Å²) in [6.07, 6.45) is 3.28. The number of nitrogens with zero attached hydrogens (tertiary/aromatic N) is 3. The number of benzene rings is 2. The second-order valence-electron chi connectivity index (χ2n) is 7.18. The Bertz CT molecular complexity index is 946. The van der Waals surface area contributed by atoms with Crippen molar-refractivity contribution in [3.8, 4) is 22.8 Å². The summed E-state index contributed by atoms with van der Waals surface area (Å²) in [4.78, 5) is 19.7. The van der Waals surface area contributed by atoms with Crippen LogP contribution in [0, 0.1) is 6.92 Å². The first kappa shape index (κ1) is 17.5. The van der Waals surface area contributed by atoms with Gasteiger partial charge in [-0.2, -0.15) is 4.98 Å². The van der Waals surface area contributed by atoms with Gasteiger partial charge >= 0.3 is 0 Å². The first-order chi connectivity index (χ1) is 13.1. The van der Waals surface area contributed by atoms with Gasteiger partial charge in [-0.25, -0.2) is 0 Å². The molecule has 1 atom stereocenters. The highest BCUT2D eigenvalue weighted by Crippen LogP contribution is 2.28. The average Bonchev–Trinajstić information content (AvgIpc) is 3.18. The minimum atomic E-state index is 0.0351. The van der Waals surface area contributed by atoms with Crippen LogP contribution in [0.3, 0.4) is 0 Å². The van der Waals surface area contributed by atoms with E-state index < -0.39 is 0 Å². The van der Waals surface area contributed by atoms with Crippen LogP contribution in [-0.2, 0) is 0 Å². The standard InChI is InChI=1S/C22H23N3O2/c1-15-10-12-17(13-11-15)20-23-21(27-24-20)18-8-3-4-9-19(18)22(26)25-14-6-5-7-16(25)2/h3-4,8-13,16H,5-7,14H2,1-2H3. The molecule has 2 aromatic carbocycles. The van der Waals surface area contributed by atoms with E-state index in [0.29, 0.717) is 22.8 Å². The number of likely N-dealkylation sites (tertiary alicyclic amines) is 1. The number of amides is 1. The largest absolute Gasteiger partial charge is 0.336 e. The average molecular weight is 361 g/mol. The summed E-state index contributed by atoms with van der Waals surface area (Å²) in [5.41, 5.74) is 3.37. The van der Waals surface area contributed by atoms with Gasteiger partial charge in [0.2, 0.25) is 5.82 Å². The second kappa shape index (κ2) is 7.35. The fraction of sp³-hybridized carbons (Fsp3) is 0.318. The van der Waals surface area contributed by atoms with Crippen molar-refractivity contribution in [3.63, 3.8) is 0 Å². The smallest absolute Gasteiger partial charge is 0.259 e. The van der Waals surface area contributed by atoms with Crippen LogP contribution in [0.15, 0.2) is 53.1 Å². The minimum absolute atomic E-state index is 0.0351. The second-order valence-corrected chi connectivity index (χ2v) is 7.18. The van der Waals surface area contributed by atoms with Crippen LogP contribution in [0.2, 0.25) is 0 Å². The highest BCUT2D eigenvalue weighted by atomic mass is 16.5. The van der Waals surface area contributed by atoms with Crippen LogP contribution >= 0.6 is 0 Å². The van der Waals surface area contributed by atoms with Crippen LogP contribution in [0.25, 0.3) is 22.8 Å². The van der Waals surface area contributed by atoms with Crippen molar-refractivity contribution in [3.05, 3.63) is 59.7 Å². The number of carbonyl (C=O) groups is 1. The van der Waals surface area contributed by atoms with Crippen molar-refractivity contribution in [1.29, 1.82) is 0 Å². The molecule has 138 valence electrons. The van der Waals surface area contributed by atoms with E-state index in [0.717, 1.165) is 24.9 Å². The van der Waals surface area contributed by atoms with E-state index in [1.165, 1.54) is 12.0 Å². The van der Waals surface area contributed by atoms with E-state index in [1.54, 1.807) is 0 Å². The molecular weight excluding hydrogens is 338 g/mol. The Labute approximate surface area is 159 Å². The topological polar surface area (TPSA) is 59.2 Å². The molecule has 1 saturated heterocycles. The molecule has 4 rings (SSSR count). The first-order valence-electron chi connectivity index (χ1n) is 9.44. The van der Waals surface area contributed by atoms with Gasteiger partial charge in [-0.15, -0.1) is 0 Å². The zero-order chi connectivity index (χ0) is 18.8. The number of aromatic nitrogens is 2. The molecule has 0 spiro atoms. The number of rotatable bonds is 3. The molecule has 1 aromatic heterocycles. The highest BCUT2D eigenvalue weighted by Gasteiger charge is 2.27. The summed E-state index contributed by atoms with van der Waals surface area (Å²) >= 11 is 0. The Morgan fingerprint density at radius 2 is 1.89 bits per heavy atom. The van der Waals surface area contributed by atoms with Crippen LogP contribution in [0.4, 0.5) is 0 Å². The van der Waals surface area contributed by atoms with E-state index in [-0.39, 0.29) is 11.9 Å². The van der Waals surface area contributed by atoms with Crippen molar-refractivity contribution in [1.82, 2.24) is 15.0 Å². The lowest BCUT2D eigenvalue weighted by molar-refractivity contribution is 0.0636. The lowest BCUT2D eigenvalue weighted by Crippen LogP contribution is -2.42. The van der Waals surface area contributed by atoms with Gasteiger partial charge in [-0.1, -0.05) is 47.1 Å². The maximum Gasteiger partial charge on any atom is 0.259 e. The lowest BCUT2D eigenvalue weighted by Gasteiger charge is -2.33. The molecule has 1 aliphatic rings. The van der Waals surface area contributed by atoms with Crippen LogP contribution in [0.1, 0.15) is 42.1 Å². The molecule has 0 radical (unpaired) electrons. The molecule has 0 bridgehead atoms. The highest BCUT2D eigenvalue weighted by molar-refractivity contribution is 6.00. The van der Waals surface area contributed by atoms with Crippen molar-refractivity contribution >= 4 is 5.91 Å². The minimum Gasteiger partial charge on any atom is -0.336 e. The molecule has 0 N–H and O–H groups in total. The Kier molecular flexibility index (Phi) is 4.75. The molecule has 3 aromatic rings. The summed E-state index contributed by atoms with van der Waals surface area (Å²) in [6.45, 7) is 4.95. The van der Waals surface area contributed by atoms with Gasteiger partial charge in [0, 0.05) is 18.2 Å². The third-order valence-corrected chi connectivity index (χ3v) is 5.19. The maximum absolute atomic E-state index is 13.2. The van der Waals surface area contributed by atoms with Crippen LogP contribution in [-0.4, -0.2) is 33.5 Å². The fourth-order valence-electron chi connectivity index (χ4n) is 3.56. The fourth-order valence-corrected chi connectivity index (χ4v) is 3.56. The van der Waals surface area contributed by atoms with Gasteiger partial charge in [0.05, 0.1) is 11.1 Å². The van der Waals surface area contributed by atoms with Crippen molar-refractivity contribution in [2.45, 2.75) is 39.2 Å². The Morgan fingerprint density at radius 1 is 1.11 bits per heavy atom. The summed E-state index contributed by atoms with van der Waals surface area (Å²) in [5.74, 6) is 0.936. The zero-order valence-electron chi connectivity index (χ0n) is 15.7. The molecule has 5 heteroatoms. The normalized spacial score (nSPS) is 17.1. The first-order valence-corrected chi connectivity index (χ1v) is 9.44. The predicted octanol–water partition coefficient (Wildman–Crippen LogP) is 4.73. The Balaban J connectivity index is 1.67. The van der Waals surface area contributed by atoms with Crippen molar-refractivity contribution < 1.29 is 9.32 Å². The summed E-state index contributed by atoms with van der Waals surface area (Å²) in [7, 11) is 0. The number of aryl methyl sites for hydroxylation is 1. The van der Waals surface area contributed by atoms with E-state index in [1.807, 2.05) is 60.4 Å². The van der Waals surface area contributed by atoms with Crippen molar-refractivity contribution in [2.75, 3.05) is 6.54 Å². The van der Waals surface area contributed by atoms with Gasteiger partial charge in [0.25, 0.3) is 11.8 Å². The summed E-state index contributed by atoms with van der Waals surface area (Å²) in [5, 5.41) is 4.11. The summed E-state index contributed by atoms with van der Waals surface area (Å²) < 4.78 is 5.51. The molecule has 1 aliphatic heterocycles. The van der Waals surface area contributed by atoms with Gasteiger partial charge in [-0.05, 0) is 45.2 Å². The van der Waals surface area contributed by atoms with E-state index in [9.17, 15) is 4.79 Å². The van der Waals surface area contributed by atoms with E-state index in [4.69, 9.17) is 4.52 Å². The van der Waals surface area contributed by atoms with Gasteiger partial charge < -0.3 is 9.42 Å². The molecule has 1 unspecified atom stereocenters. The number of hydrogen-bond acceptors (Lipinski definition) is 4. The SMILES string of the molecule is Cc1ccc(-c2noc(-c3ccccc3C(=O)N3CCCCC3C)n2)cc1. The van der Waals surface area contributed by atoms with Crippen LogP contribution in [0.5, 0.6) is 0 Å². The molecular formula is C22H23N3O2. The number of hydrogen-bond donors (Lipinski definition) is 0. The van der Waals surface area contributed by atoms with E-state index in [2.05, 4.69) is 17.1 Å². The molecule has 1 fully saturated rings. The molecule has 27 heavy (non-hydrogen) atoms. The third-order valence-electron chi connectivity index (χ3n) is 5.19. The molecule has 1 amide bonds. The van der Waals surface area contributed by atoms with Gasteiger partial charge in [-0.3, -0.25) is 4.79 Å². The monoisotopic (exact) mass is 361 g/mol. The van der Waals surface area contributed by atoms with Gasteiger partial charge in [0.1, 0.15) is 0 Å². The molecule has 0 aliphatic carbocycles. The lowest BCUT2D eigenvalue weighted by atomic mass is 10.00. The molecule has 2 heterocycles. The molecule has 0 saturated carbocycles. The van der Waals surface area contributed by atoms with Gasteiger partial charge in [0.15, 0.2) is 0 Å². The molecule has 5 nitrogen and oxygen atoms in total. The Hall–Kier alpha value is -2.95. The van der Waals surface area contributed by atoms with Crippen molar-refractivity contribution in [2.24, 2.45) is 0 Å². The predicted molar refractivity (Wildman–Crippen MR) is 104 cm³/mol.